The Bertz CT molecular complexity index is 721. The van der Waals surface area contributed by atoms with Crippen LogP contribution in [-0.2, 0) is 0 Å². The molecule has 22 heavy (non-hydrogen) atoms. The van der Waals surface area contributed by atoms with E-state index in [2.05, 4.69) is 26.9 Å². The summed E-state index contributed by atoms with van der Waals surface area (Å²) in [6, 6.07) is 13.9. The Morgan fingerprint density at radius 2 is 2.00 bits per heavy atom. The summed E-state index contributed by atoms with van der Waals surface area (Å²) in [7, 11) is 0. The normalized spacial score (nSPS) is 15.6. The minimum Gasteiger partial charge on any atom is -0.441 e. The second-order valence-corrected chi connectivity index (χ2v) is 6.32. The smallest absolute Gasteiger partial charge is 0.196 e. The van der Waals surface area contributed by atoms with Crippen LogP contribution in [0.5, 0.6) is 0 Å². The quantitative estimate of drug-likeness (QED) is 0.718. The molecule has 112 valence electrons. The van der Waals surface area contributed by atoms with Gasteiger partial charge in [0.2, 0.25) is 0 Å². The van der Waals surface area contributed by atoms with Crippen molar-refractivity contribution in [2.75, 3.05) is 18.0 Å². The maximum absolute atomic E-state index is 9.40. The van der Waals surface area contributed by atoms with Crippen molar-refractivity contribution in [3.63, 3.8) is 0 Å². The molecule has 1 aromatic carbocycles. The third-order valence-corrected chi connectivity index (χ3v) is 4.32. The molecule has 0 bridgehead atoms. The summed E-state index contributed by atoms with van der Waals surface area (Å²) >= 11 is 3.43. The largest absolute Gasteiger partial charge is 0.441 e. The average Bonchev–Trinajstić information content (AvgIpc) is 3.02. The van der Waals surface area contributed by atoms with Gasteiger partial charge in [-0.1, -0.05) is 28.1 Å². The van der Waals surface area contributed by atoms with Gasteiger partial charge in [0, 0.05) is 23.6 Å². The standard InChI is InChI=1S/C18H17BrN2O/c19-16-6-4-5-14(11-16)15(13-20)12-17-7-8-18(22-17)21-9-2-1-3-10-21/h4-8,11-12H,1-3,9-10H2/b15-12-. The fourth-order valence-corrected chi connectivity index (χ4v) is 3.08. The third kappa shape index (κ3) is 3.42. The Hall–Kier alpha value is -1.99. The van der Waals surface area contributed by atoms with Gasteiger partial charge in [-0.2, -0.15) is 5.26 Å². The highest BCUT2D eigenvalue weighted by Crippen LogP contribution is 2.26. The molecule has 2 heterocycles. The lowest BCUT2D eigenvalue weighted by Gasteiger charge is -2.25. The van der Waals surface area contributed by atoms with Crippen molar-refractivity contribution in [2.24, 2.45) is 0 Å². The molecule has 1 fully saturated rings. The average molecular weight is 357 g/mol. The molecule has 0 spiro atoms. The zero-order valence-electron chi connectivity index (χ0n) is 12.3. The second-order valence-electron chi connectivity index (χ2n) is 5.40. The number of hydrogen-bond donors (Lipinski definition) is 0. The van der Waals surface area contributed by atoms with E-state index in [9.17, 15) is 5.26 Å². The van der Waals surface area contributed by atoms with E-state index in [4.69, 9.17) is 4.42 Å². The van der Waals surface area contributed by atoms with Crippen LogP contribution in [-0.4, -0.2) is 13.1 Å². The molecule has 1 aliphatic heterocycles. The Morgan fingerprint density at radius 1 is 1.18 bits per heavy atom. The fourth-order valence-electron chi connectivity index (χ4n) is 2.68. The highest BCUT2D eigenvalue weighted by atomic mass is 79.9. The van der Waals surface area contributed by atoms with Gasteiger partial charge in [0.05, 0.1) is 11.6 Å². The third-order valence-electron chi connectivity index (χ3n) is 3.82. The minimum absolute atomic E-state index is 0.598. The van der Waals surface area contributed by atoms with Gasteiger partial charge in [0.25, 0.3) is 0 Å². The summed E-state index contributed by atoms with van der Waals surface area (Å²) in [5, 5.41) is 9.40. The first-order valence-corrected chi connectivity index (χ1v) is 8.28. The van der Waals surface area contributed by atoms with Crippen molar-refractivity contribution in [3.05, 3.63) is 52.2 Å². The van der Waals surface area contributed by atoms with Crippen molar-refractivity contribution in [3.8, 4) is 6.07 Å². The number of hydrogen-bond acceptors (Lipinski definition) is 3. The summed E-state index contributed by atoms with van der Waals surface area (Å²) in [6.07, 6.45) is 5.53. The van der Waals surface area contributed by atoms with E-state index in [-0.39, 0.29) is 0 Å². The minimum atomic E-state index is 0.598. The number of anilines is 1. The van der Waals surface area contributed by atoms with Crippen molar-refractivity contribution in [2.45, 2.75) is 19.3 Å². The Morgan fingerprint density at radius 3 is 2.73 bits per heavy atom. The van der Waals surface area contributed by atoms with Crippen LogP contribution in [0.2, 0.25) is 0 Å². The number of rotatable bonds is 3. The first-order valence-electron chi connectivity index (χ1n) is 7.49. The number of nitriles is 1. The number of piperidine rings is 1. The molecule has 1 aromatic heterocycles. The van der Waals surface area contributed by atoms with E-state index in [1.807, 2.05) is 36.4 Å². The van der Waals surface area contributed by atoms with Crippen molar-refractivity contribution in [1.29, 1.82) is 5.26 Å². The van der Waals surface area contributed by atoms with E-state index >= 15 is 0 Å². The lowest BCUT2D eigenvalue weighted by Crippen LogP contribution is -2.28. The van der Waals surface area contributed by atoms with Crippen LogP contribution in [0.1, 0.15) is 30.6 Å². The molecule has 1 saturated heterocycles. The number of furan rings is 1. The molecule has 0 N–H and O–H groups in total. The van der Waals surface area contributed by atoms with Crippen LogP contribution in [0.3, 0.4) is 0 Å². The van der Waals surface area contributed by atoms with Crippen LogP contribution in [0.4, 0.5) is 5.88 Å². The Balaban J connectivity index is 1.84. The fraction of sp³-hybridized carbons (Fsp3) is 0.278. The number of nitrogens with zero attached hydrogens (tertiary/aromatic N) is 2. The summed E-state index contributed by atoms with van der Waals surface area (Å²) in [5.41, 5.74) is 1.48. The Kier molecular flexibility index (Phi) is 4.65. The van der Waals surface area contributed by atoms with Gasteiger partial charge in [-0.15, -0.1) is 0 Å². The summed E-state index contributed by atoms with van der Waals surface area (Å²) in [4.78, 5) is 2.27. The summed E-state index contributed by atoms with van der Waals surface area (Å²) < 4.78 is 6.85. The lowest BCUT2D eigenvalue weighted by molar-refractivity contribution is 0.496. The monoisotopic (exact) mass is 356 g/mol. The Labute approximate surface area is 139 Å². The van der Waals surface area contributed by atoms with Gasteiger partial charge >= 0.3 is 0 Å². The molecule has 4 heteroatoms. The van der Waals surface area contributed by atoms with E-state index in [0.717, 1.165) is 34.8 Å². The van der Waals surface area contributed by atoms with Crippen LogP contribution in [0.15, 0.2) is 45.3 Å². The maximum atomic E-state index is 9.40. The SMILES string of the molecule is N#C/C(=C/c1ccc(N2CCCCC2)o1)c1cccc(Br)c1. The summed E-state index contributed by atoms with van der Waals surface area (Å²) in [6.45, 7) is 2.10. The topological polar surface area (TPSA) is 40.2 Å². The van der Waals surface area contributed by atoms with Crippen LogP contribution in [0.25, 0.3) is 11.6 Å². The van der Waals surface area contributed by atoms with Gasteiger partial charge in [-0.3, -0.25) is 0 Å². The molecule has 0 saturated carbocycles. The van der Waals surface area contributed by atoms with Gasteiger partial charge in [0.15, 0.2) is 5.88 Å². The maximum Gasteiger partial charge on any atom is 0.196 e. The van der Waals surface area contributed by atoms with E-state index < -0.39 is 0 Å². The molecule has 0 aliphatic carbocycles. The molecule has 0 atom stereocenters. The van der Waals surface area contributed by atoms with Gasteiger partial charge in [-0.05, 0) is 49.1 Å². The predicted octanol–water partition coefficient (Wildman–Crippen LogP) is 5.10. The summed E-state index contributed by atoms with van der Waals surface area (Å²) in [5.74, 6) is 1.62. The van der Waals surface area contributed by atoms with E-state index in [1.54, 1.807) is 6.08 Å². The van der Waals surface area contributed by atoms with Gasteiger partial charge in [-0.25, -0.2) is 0 Å². The van der Waals surface area contributed by atoms with Crippen molar-refractivity contribution >= 4 is 33.5 Å². The second kappa shape index (κ2) is 6.85. The first kappa shape index (κ1) is 14.9. The van der Waals surface area contributed by atoms with Crippen molar-refractivity contribution < 1.29 is 4.42 Å². The molecular formula is C18H17BrN2O. The van der Waals surface area contributed by atoms with Crippen molar-refractivity contribution in [1.82, 2.24) is 0 Å². The predicted molar refractivity (Wildman–Crippen MR) is 92.4 cm³/mol. The van der Waals surface area contributed by atoms with Crippen LogP contribution >= 0.6 is 15.9 Å². The molecule has 0 radical (unpaired) electrons. The number of halogens is 1. The molecule has 0 amide bonds. The number of allylic oxidation sites excluding steroid dienone is 1. The number of benzene rings is 1. The van der Waals surface area contributed by atoms with Gasteiger partial charge < -0.3 is 9.32 Å². The van der Waals surface area contributed by atoms with Gasteiger partial charge in [0.1, 0.15) is 5.76 Å². The molecule has 0 unspecified atom stereocenters. The molecule has 3 rings (SSSR count). The molecule has 1 aliphatic rings. The molecule has 3 nitrogen and oxygen atoms in total. The first-order chi connectivity index (χ1) is 10.8. The van der Waals surface area contributed by atoms with E-state index in [1.165, 1.54) is 19.3 Å². The lowest BCUT2D eigenvalue weighted by atomic mass is 10.1. The highest BCUT2D eigenvalue weighted by Gasteiger charge is 2.14. The zero-order valence-corrected chi connectivity index (χ0v) is 13.8. The zero-order chi connectivity index (χ0) is 15.4. The highest BCUT2D eigenvalue weighted by molar-refractivity contribution is 9.10. The van der Waals surface area contributed by atoms with Crippen LogP contribution in [0, 0.1) is 11.3 Å². The molecule has 2 aromatic rings. The molecular weight excluding hydrogens is 340 g/mol. The van der Waals surface area contributed by atoms with Crippen LogP contribution < -0.4 is 4.90 Å². The van der Waals surface area contributed by atoms with E-state index in [0.29, 0.717) is 5.57 Å².